The first-order chi connectivity index (χ1) is 11.9. The fraction of sp³-hybridized carbons (Fsp3) is 0.0556. The molecule has 0 atom stereocenters. The van der Waals surface area contributed by atoms with Crippen LogP contribution in [0.15, 0.2) is 59.5 Å². The maximum atomic E-state index is 12.4. The standard InChI is InChI=1S/C18H15BrN4O2/c1-11-2-5-13(8-15(11)17(20)24)22-18(25)16-9-23(10-21-16)14-6-3-12(19)4-7-14/h2-10H,1H3,(H2,20,24)(H,22,25). The molecule has 3 N–H and O–H groups in total. The van der Waals surface area contributed by atoms with Crippen molar-refractivity contribution in [2.75, 3.05) is 5.32 Å². The molecule has 0 saturated carbocycles. The molecule has 2 aromatic carbocycles. The number of primary amides is 1. The summed E-state index contributed by atoms with van der Waals surface area (Å²) in [5.74, 6) is -0.900. The summed E-state index contributed by atoms with van der Waals surface area (Å²) in [7, 11) is 0. The molecule has 7 heteroatoms. The van der Waals surface area contributed by atoms with Gasteiger partial charge in [-0.2, -0.15) is 0 Å². The maximum Gasteiger partial charge on any atom is 0.275 e. The first kappa shape index (κ1) is 16.9. The van der Waals surface area contributed by atoms with Gasteiger partial charge in [-0.1, -0.05) is 22.0 Å². The molecule has 0 fully saturated rings. The average molecular weight is 399 g/mol. The Bertz CT molecular complexity index is 948. The minimum absolute atomic E-state index is 0.268. The van der Waals surface area contributed by atoms with E-state index in [0.717, 1.165) is 15.7 Å². The van der Waals surface area contributed by atoms with E-state index in [2.05, 4.69) is 26.2 Å². The lowest BCUT2D eigenvalue weighted by Gasteiger charge is -2.07. The van der Waals surface area contributed by atoms with Crippen LogP contribution in [0.1, 0.15) is 26.4 Å². The van der Waals surface area contributed by atoms with Gasteiger partial charge in [0.2, 0.25) is 5.91 Å². The summed E-state index contributed by atoms with van der Waals surface area (Å²) in [6.07, 6.45) is 3.21. The minimum atomic E-state index is -0.534. The van der Waals surface area contributed by atoms with Crippen LogP contribution in [-0.2, 0) is 0 Å². The number of carbonyl (C=O) groups is 2. The Morgan fingerprint density at radius 3 is 2.56 bits per heavy atom. The minimum Gasteiger partial charge on any atom is -0.366 e. The summed E-state index contributed by atoms with van der Waals surface area (Å²) in [6, 6.07) is 12.6. The molecule has 1 aromatic heterocycles. The lowest BCUT2D eigenvalue weighted by atomic mass is 10.1. The highest BCUT2D eigenvalue weighted by Crippen LogP contribution is 2.17. The predicted molar refractivity (Wildman–Crippen MR) is 98.9 cm³/mol. The van der Waals surface area contributed by atoms with Crippen molar-refractivity contribution in [3.8, 4) is 5.69 Å². The number of hydrogen-bond donors (Lipinski definition) is 2. The van der Waals surface area contributed by atoms with Crippen LogP contribution < -0.4 is 11.1 Å². The number of nitrogens with zero attached hydrogens (tertiary/aromatic N) is 2. The SMILES string of the molecule is Cc1ccc(NC(=O)c2cn(-c3ccc(Br)cc3)cn2)cc1C(N)=O. The van der Waals surface area contributed by atoms with Crippen LogP contribution in [0.3, 0.4) is 0 Å². The van der Waals surface area contributed by atoms with Gasteiger partial charge in [0.05, 0.1) is 0 Å². The van der Waals surface area contributed by atoms with Gasteiger partial charge in [-0.15, -0.1) is 0 Å². The Morgan fingerprint density at radius 2 is 1.88 bits per heavy atom. The Kier molecular flexibility index (Phi) is 4.67. The van der Waals surface area contributed by atoms with E-state index in [-0.39, 0.29) is 11.6 Å². The van der Waals surface area contributed by atoms with E-state index in [1.807, 2.05) is 24.3 Å². The fourth-order valence-corrected chi connectivity index (χ4v) is 2.62. The van der Waals surface area contributed by atoms with E-state index < -0.39 is 5.91 Å². The van der Waals surface area contributed by atoms with E-state index in [1.165, 1.54) is 0 Å². The van der Waals surface area contributed by atoms with Crippen LogP contribution in [0, 0.1) is 6.92 Å². The number of aromatic nitrogens is 2. The van der Waals surface area contributed by atoms with E-state index in [9.17, 15) is 9.59 Å². The largest absolute Gasteiger partial charge is 0.366 e. The number of rotatable bonds is 4. The van der Waals surface area contributed by atoms with Crippen LogP contribution in [-0.4, -0.2) is 21.4 Å². The van der Waals surface area contributed by atoms with Gasteiger partial charge in [0.1, 0.15) is 12.0 Å². The number of benzene rings is 2. The molecule has 0 radical (unpaired) electrons. The monoisotopic (exact) mass is 398 g/mol. The summed E-state index contributed by atoms with van der Waals surface area (Å²) in [6.45, 7) is 1.78. The summed E-state index contributed by atoms with van der Waals surface area (Å²) >= 11 is 3.38. The van der Waals surface area contributed by atoms with Crippen molar-refractivity contribution in [2.45, 2.75) is 6.92 Å². The van der Waals surface area contributed by atoms with E-state index >= 15 is 0 Å². The highest BCUT2D eigenvalue weighted by atomic mass is 79.9. The Morgan fingerprint density at radius 1 is 1.16 bits per heavy atom. The number of halogens is 1. The molecular formula is C18H15BrN4O2. The molecule has 25 heavy (non-hydrogen) atoms. The van der Waals surface area contributed by atoms with Crippen molar-refractivity contribution in [1.29, 1.82) is 0 Å². The predicted octanol–water partition coefficient (Wildman–Crippen LogP) is 3.29. The highest BCUT2D eigenvalue weighted by Gasteiger charge is 2.12. The van der Waals surface area contributed by atoms with Gasteiger partial charge in [0, 0.05) is 27.6 Å². The average Bonchev–Trinajstić information content (AvgIpc) is 3.07. The number of nitrogens with two attached hydrogens (primary N) is 1. The van der Waals surface area contributed by atoms with E-state index in [0.29, 0.717) is 11.3 Å². The van der Waals surface area contributed by atoms with Crippen molar-refractivity contribution in [2.24, 2.45) is 5.73 Å². The number of anilines is 1. The normalized spacial score (nSPS) is 10.5. The zero-order valence-electron chi connectivity index (χ0n) is 13.4. The Labute approximate surface area is 152 Å². The van der Waals surface area contributed by atoms with Crippen LogP contribution in [0.5, 0.6) is 0 Å². The molecule has 3 rings (SSSR count). The lowest BCUT2D eigenvalue weighted by molar-refractivity contribution is 0.0995. The smallest absolute Gasteiger partial charge is 0.275 e. The third kappa shape index (κ3) is 3.77. The molecule has 0 bridgehead atoms. The van der Waals surface area contributed by atoms with Gasteiger partial charge in [-0.25, -0.2) is 4.98 Å². The molecule has 126 valence electrons. The molecule has 1 heterocycles. The van der Waals surface area contributed by atoms with Gasteiger partial charge in [-0.05, 0) is 48.9 Å². The van der Waals surface area contributed by atoms with Gasteiger partial charge >= 0.3 is 0 Å². The quantitative estimate of drug-likeness (QED) is 0.706. The van der Waals surface area contributed by atoms with Crippen LogP contribution >= 0.6 is 15.9 Å². The third-order valence-corrected chi connectivity index (χ3v) is 4.23. The summed E-state index contributed by atoms with van der Waals surface area (Å²) in [5, 5.41) is 2.72. The second kappa shape index (κ2) is 6.90. The molecule has 0 aliphatic carbocycles. The summed E-state index contributed by atoms with van der Waals surface area (Å²) in [5.41, 5.74) is 8.11. The molecule has 0 unspecified atom stereocenters. The number of aryl methyl sites for hydroxylation is 1. The van der Waals surface area contributed by atoms with Gasteiger partial charge < -0.3 is 15.6 Å². The molecule has 0 spiro atoms. The number of amides is 2. The fourth-order valence-electron chi connectivity index (χ4n) is 2.35. The van der Waals surface area contributed by atoms with Crippen LogP contribution in [0.2, 0.25) is 0 Å². The first-order valence-electron chi connectivity index (χ1n) is 7.46. The van der Waals surface area contributed by atoms with E-state index in [1.54, 1.807) is 42.2 Å². The van der Waals surface area contributed by atoms with Crippen LogP contribution in [0.25, 0.3) is 5.69 Å². The second-order valence-electron chi connectivity index (χ2n) is 5.49. The third-order valence-electron chi connectivity index (χ3n) is 3.70. The molecule has 0 aliphatic heterocycles. The maximum absolute atomic E-state index is 12.4. The van der Waals surface area contributed by atoms with Crippen LogP contribution in [0.4, 0.5) is 5.69 Å². The zero-order valence-corrected chi connectivity index (χ0v) is 14.9. The van der Waals surface area contributed by atoms with Crippen molar-refractivity contribution in [1.82, 2.24) is 9.55 Å². The van der Waals surface area contributed by atoms with Crippen molar-refractivity contribution < 1.29 is 9.59 Å². The second-order valence-corrected chi connectivity index (χ2v) is 6.41. The number of carbonyl (C=O) groups excluding carboxylic acids is 2. The van der Waals surface area contributed by atoms with Gasteiger partial charge in [0.25, 0.3) is 5.91 Å². The molecular weight excluding hydrogens is 384 g/mol. The van der Waals surface area contributed by atoms with Gasteiger partial charge in [0.15, 0.2) is 0 Å². The number of hydrogen-bond acceptors (Lipinski definition) is 3. The van der Waals surface area contributed by atoms with Crippen molar-refractivity contribution >= 4 is 33.4 Å². The Balaban J connectivity index is 1.79. The van der Waals surface area contributed by atoms with Crippen molar-refractivity contribution in [3.63, 3.8) is 0 Å². The summed E-state index contributed by atoms with van der Waals surface area (Å²) in [4.78, 5) is 27.9. The molecule has 6 nitrogen and oxygen atoms in total. The topological polar surface area (TPSA) is 90.0 Å². The molecule has 2 amide bonds. The molecule has 0 aliphatic rings. The molecule has 3 aromatic rings. The first-order valence-corrected chi connectivity index (χ1v) is 8.25. The summed E-state index contributed by atoms with van der Waals surface area (Å²) < 4.78 is 2.73. The lowest BCUT2D eigenvalue weighted by Crippen LogP contribution is -2.15. The van der Waals surface area contributed by atoms with Gasteiger partial charge in [-0.3, -0.25) is 9.59 Å². The number of nitrogens with one attached hydrogen (secondary N) is 1. The molecule has 0 saturated heterocycles. The number of imidazole rings is 1. The van der Waals surface area contributed by atoms with E-state index in [4.69, 9.17) is 5.73 Å². The Hall–Kier alpha value is -2.93. The van der Waals surface area contributed by atoms with Crippen molar-refractivity contribution in [3.05, 3.63) is 76.3 Å². The zero-order chi connectivity index (χ0) is 18.0. The highest BCUT2D eigenvalue weighted by molar-refractivity contribution is 9.10.